The second kappa shape index (κ2) is 6.64. The third-order valence-corrected chi connectivity index (χ3v) is 6.09. The maximum atomic E-state index is 13.9. The summed E-state index contributed by atoms with van der Waals surface area (Å²) in [5, 5.41) is -0.132. The highest BCUT2D eigenvalue weighted by atomic mass is 127. The van der Waals surface area contributed by atoms with Gasteiger partial charge in [-0.2, -0.15) is 0 Å². The Morgan fingerprint density at radius 1 is 1.00 bits per heavy atom. The van der Waals surface area contributed by atoms with Gasteiger partial charge in [0.25, 0.3) is 10.0 Å². The summed E-state index contributed by atoms with van der Waals surface area (Å²) in [6.07, 6.45) is 0. The molecule has 0 atom stereocenters. The lowest BCUT2D eigenvalue weighted by Crippen LogP contribution is -2.15. The van der Waals surface area contributed by atoms with Gasteiger partial charge < -0.3 is 0 Å². The van der Waals surface area contributed by atoms with Crippen LogP contribution in [0.1, 0.15) is 0 Å². The summed E-state index contributed by atoms with van der Waals surface area (Å²) in [6, 6.07) is 4.11. The molecule has 2 rings (SSSR count). The molecule has 0 unspecified atom stereocenters. The second-order valence-corrected chi connectivity index (χ2v) is 7.98. The molecule has 0 bridgehead atoms. The van der Waals surface area contributed by atoms with E-state index < -0.39 is 27.3 Å². The van der Waals surface area contributed by atoms with Gasteiger partial charge in [-0.05, 0) is 46.9 Å². The Labute approximate surface area is 153 Å². The highest BCUT2D eigenvalue weighted by Gasteiger charge is 2.22. The first-order valence-electron chi connectivity index (χ1n) is 5.44. The molecule has 0 amide bonds. The van der Waals surface area contributed by atoms with E-state index in [0.717, 1.165) is 24.3 Å². The van der Waals surface area contributed by atoms with Crippen molar-refractivity contribution in [2.75, 3.05) is 4.72 Å². The summed E-state index contributed by atoms with van der Waals surface area (Å²) in [5.74, 6) is -1.83. The van der Waals surface area contributed by atoms with Crippen LogP contribution in [-0.2, 0) is 10.0 Å². The molecule has 0 fully saturated rings. The molecule has 22 heavy (non-hydrogen) atoms. The SMILES string of the molecule is O=S(=O)(Nc1ccc(F)c(I)c1F)c1cc(Cl)c(Cl)cc1Cl. The van der Waals surface area contributed by atoms with E-state index >= 15 is 0 Å². The number of rotatable bonds is 3. The molecule has 1 N–H and O–H groups in total. The van der Waals surface area contributed by atoms with Crippen LogP contribution in [-0.4, -0.2) is 8.42 Å². The highest BCUT2D eigenvalue weighted by molar-refractivity contribution is 14.1. The van der Waals surface area contributed by atoms with Crippen LogP contribution in [0.5, 0.6) is 0 Å². The molecule has 0 saturated carbocycles. The van der Waals surface area contributed by atoms with E-state index in [4.69, 9.17) is 34.8 Å². The maximum Gasteiger partial charge on any atom is 0.263 e. The Bertz CT molecular complexity index is 862. The minimum Gasteiger partial charge on any atom is -0.277 e. The molecule has 0 aromatic heterocycles. The van der Waals surface area contributed by atoms with Gasteiger partial charge in [-0.3, -0.25) is 4.72 Å². The first kappa shape index (κ1) is 18.0. The van der Waals surface area contributed by atoms with Gasteiger partial charge in [-0.25, -0.2) is 17.2 Å². The summed E-state index contributed by atoms with van der Waals surface area (Å²) in [6.45, 7) is 0. The first-order chi connectivity index (χ1) is 10.1. The van der Waals surface area contributed by atoms with Gasteiger partial charge in [-0.1, -0.05) is 34.8 Å². The van der Waals surface area contributed by atoms with Crippen LogP contribution in [0, 0.1) is 15.2 Å². The summed E-state index contributed by atoms with van der Waals surface area (Å²) in [7, 11) is -4.23. The second-order valence-electron chi connectivity index (χ2n) is 4.03. The molecule has 2 aromatic rings. The lowest BCUT2D eigenvalue weighted by atomic mass is 10.3. The lowest BCUT2D eigenvalue weighted by molar-refractivity contribution is 0.571. The molecule has 3 nitrogen and oxygen atoms in total. The largest absolute Gasteiger partial charge is 0.277 e. The molecule has 0 aliphatic heterocycles. The van der Waals surface area contributed by atoms with Crippen LogP contribution in [0.2, 0.25) is 15.1 Å². The van der Waals surface area contributed by atoms with Gasteiger partial charge in [0, 0.05) is 0 Å². The number of nitrogens with one attached hydrogen (secondary N) is 1. The summed E-state index contributed by atoms with van der Waals surface area (Å²) >= 11 is 18.7. The minimum atomic E-state index is -4.23. The Hall–Kier alpha value is -0.350. The summed E-state index contributed by atoms with van der Waals surface area (Å²) in [5.41, 5.74) is -0.409. The predicted octanol–water partition coefficient (Wildman–Crippen LogP) is 5.33. The fourth-order valence-electron chi connectivity index (χ4n) is 1.51. The van der Waals surface area contributed by atoms with E-state index in [1.807, 2.05) is 4.72 Å². The lowest BCUT2D eigenvalue weighted by Gasteiger charge is -2.12. The number of sulfonamides is 1. The number of benzene rings is 2. The molecular weight excluding hydrogens is 493 g/mol. The van der Waals surface area contributed by atoms with E-state index in [1.165, 1.54) is 22.6 Å². The molecule has 0 spiro atoms. The normalized spacial score (nSPS) is 11.5. The fourth-order valence-corrected chi connectivity index (χ4v) is 4.05. The minimum absolute atomic E-state index is 0.0272. The van der Waals surface area contributed by atoms with E-state index in [1.54, 1.807) is 0 Å². The molecule has 0 aliphatic rings. The number of hydrogen-bond acceptors (Lipinski definition) is 2. The average molecular weight is 499 g/mol. The van der Waals surface area contributed by atoms with Crippen molar-refractivity contribution in [3.05, 3.63) is 54.5 Å². The van der Waals surface area contributed by atoms with E-state index in [9.17, 15) is 17.2 Å². The third kappa shape index (κ3) is 3.59. The van der Waals surface area contributed by atoms with Crippen LogP contribution in [0.4, 0.5) is 14.5 Å². The molecular formula is C12H5Cl3F2INO2S. The fraction of sp³-hybridized carbons (Fsp3) is 0. The van der Waals surface area contributed by atoms with Gasteiger partial charge in [0.05, 0.1) is 24.3 Å². The molecule has 0 heterocycles. The Kier molecular flexibility index (Phi) is 5.43. The molecule has 0 radical (unpaired) electrons. The average Bonchev–Trinajstić information content (AvgIpc) is 2.43. The third-order valence-electron chi connectivity index (χ3n) is 2.54. The highest BCUT2D eigenvalue weighted by Crippen LogP contribution is 2.33. The maximum absolute atomic E-state index is 13.9. The summed E-state index contributed by atoms with van der Waals surface area (Å²) < 4.78 is 53.3. The predicted molar refractivity (Wildman–Crippen MR) is 91.4 cm³/mol. The standard InChI is InChI=1S/C12H5Cl3F2INO2S/c13-5-3-7(15)10(4-6(5)14)22(20,21)19-9-2-1-8(16)12(18)11(9)17/h1-4,19H. The van der Waals surface area contributed by atoms with E-state index in [-0.39, 0.29) is 23.5 Å². The van der Waals surface area contributed by atoms with Gasteiger partial charge in [0.1, 0.15) is 10.7 Å². The van der Waals surface area contributed by atoms with Gasteiger partial charge >= 0.3 is 0 Å². The van der Waals surface area contributed by atoms with Gasteiger partial charge in [0.2, 0.25) is 0 Å². The zero-order valence-electron chi connectivity index (χ0n) is 10.3. The van der Waals surface area contributed by atoms with Crippen LogP contribution in [0.25, 0.3) is 0 Å². The monoisotopic (exact) mass is 497 g/mol. The molecule has 0 saturated heterocycles. The topological polar surface area (TPSA) is 46.2 Å². The Morgan fingerprint density at radius 2 is 1.59 bits per heavy atom. The van der Waals surface area contributed by atoms with Crippen molar-refractivity contribution in [1.82, 2.24) is 0 Å². The number of anilines is 1. The van der Waals surface area contributed by atoms with Crippen molar-refractivity contribution in [2.24, 2.45) is 0 Å². The van der Waals surface area contributed by atoms with Crippen molar-refractivity contribution in [3.63, 3.8) is 0 Å². The van der Waals surface area contributed by atoms with E-state index in [0.29, 0.717) is 0 Å². The molecule has 118 valence electrons. The number of hydrogen-bond donors (Lipinski definition) is 1. The van der Waals surface area contributed by atoms with Crippen LogP contribution in [0.3, 0.4) is 0 Å². The molecule has 10 heteroatoms. The van der Waals surface area contributed by atoms with Crippen molar-refractivity contribution in [1.29, 1.82) is 0 Å². The molecule has 0 aliphatic carbocycles. The molecule has 2 aromatic carbocycles. The van der Waals surface area contributed by atoms with Crippen molar-refractivity contribution in [2.45, 2.75) is 4.90 Å². The Balaban J connectivity index is 2.49. The first-order valence-corrected chi connectivity index (χ1v) is 9.14. The van der Waals surface area contributed by atoms with Crippen molar-refractivity contribution >= 4 is 73.1 Å². The zero-order chi connectivity index (χ0) is 16.7. The Morgan fingerprint density at radius 3 is 2.23 bits per heavy atom. The number of halogens is 6. The van der Waals surface area contributed by atoms with Gasteiger partial charge in [0.15, 0.2) is 5.82 Å². The van der Waals surface area contributed by atoms with Crippen LogP contribution < -0.4 is 4.72 Å². The summed E-state index contributed by atoms with van der Waals surface area (Å²) in [4.78, 5) is -0.373. The zero-order valence-corrected chi connectivity index (χ0v) is 15.5. The van der Waals surface area contributed by atoms with Crippen LogP contribution in [0.15, 0.2) is 29.2 Å². The van der Waals surface area contributed by atoms with E-state index in [2.05, 4.69) is 0 Å². The van der Waals surface area contributed by atoms with Crippen molar-refractivity contribution in [3.8, 4) is 0 Å². The smallest absolute Gasteiger partial charge is 0.263 e. The van der Waals surface area contributed by atoms with Crippen LogP contribution >= 0.6 is 57.4 Å². The van der Waals surface area contributed by atoms with Gasteiger partial charge in [-0.15, -0.1) is 0 Å². The quantitative estimate of drug-likeness (QED) is 0.353. The van der Waals surface area contributed by atoms with Crippen molar-refractivity contribution < 1.29 is 17.2 Å².